The van der Waals surface area contributed by atoms with E-state index in [1.165, 1.54) is 0 Å². The Morgan fingerprint density at radius 3 is 2.83 bits per heavy atom. The predicted octanol–water partition coefficient (Wildman–Crippen LogP) is 0.629. The van der Waals surface area contributed by atoms with Gasteiger partial charge in [-0.05, 0) is 24.8 Å². The molecule has 1 unspecified atom stereocenters. The molecular formula is C13H16N4O. The molecule has 2 aromatic rings. The molecule has 1 amide bonds. The monoisotopic (exact) mass is 244 g/mol. The summed E-state index contributed by atoms with van der Waals surface area (Å²) in [6.07, 6.45) is 3.72. The summed E-state index contributed by atoms with van der Waals surface area (Å²) in [4.78, 5) is 11.6. The quantitative estimate of drug-likeness (QED) is 0.827. The molecule has 0 saturated heterocycles. The van der Waals surface area contributed by atoms with E-state index in [9.17, 15) is 4.79 Å². The molecule has 0 bridgehead atoms. The fourth-order valence-corrected chi connectivity index (χ4v) is 2.41. The minimum atomic E-state index is -0.977. The molecule has 18 heavy (non-hydrogen) atoms. The number of primary amides is 1. The lowest BCUT2D eigenvalue weighted by molar-refractivity contribution is -0.124. The summed E-state index contributed by atoms with van der Waals surface area (Å²) in [5.74, 6) is -0.248. The van der Waals surface area contributed by atoms with Crippen molar-refractivity contribution in [3.05, 3.63) is 30.5 Å². The Morgan fingerprint density at radius 1 is 1.44 bits per heavy atom. The van der Waals surface area contributed by atoms with Crippen molar-refractivity contribution in [2.45, 2.75) is 24.9 Å². The van der Waals surface area contributed by atoms with Gasteiger partial charge >= 0.3 is 0 Å². The van der Waals surface area contributed by atoms with Crippen LogP contribution in [0.3, 0.4) is 0 Å². The maximum atomic E-state index is 11.6. The average molecular weight is 244 g/mol. The Bertz CT molecular complexity index is 602. The largest absolute Gasteiger partial charge is 0.368 e. The van der Waals surface area contributed by atoms with E-state index in [2.05, 4.69) is 5.10 Å². The van der Waals surface area contributed by atoms with Gasteiger partial charge in [0.25, 0.3) is 0 Å². The molecular weight excluding hydrogens is 228 g/mol. The highest BCUT2D eigenvalue weighted by molar-refractivity contribution is 5.85. The molecule has 1 aliphatic carbocycles. The van der Waals surface area contributed by atoms with Gasteiger partial charge in [0.15, 0.2) is 0 Å². The van der Waals surface area contributed by atoms with Gasteiger partial charge in [0.2, 0.25) is 5.91 Å². The Balaban J connectivity index is 1.98. The minimum Gasteiger partial charge on any atom is -0.368 e. The third-order valence-corrected chi connectivity index (χ3v) is 3.73. The smallest absolute Gasteiger partial charge is 0.239 e. The summed E-state index contributed by atoms with van der Waals surface area (Å²) in [5.41, 5.74) is 11.7. The number of carbonyl (C=O) groups is 1. The summed E-state index contributed by atoms with van der Waals surface area (Å²) >= 11 is 0. The third-order valence-electron chi connectivity index (χ3n) is 3.73. The van der Waals surface area contributed by atoms with Gasteiger partial charge in [0.1, 0.15) is 5.54 Å². The zero-order chi connectivity index (χ0) is 12.8. The first-order chi connectivity index (χ1) is 8.61. The average Bonchev–Trinajstić information content (AvgIpc) is 3.14. The fraction of sp³-hybridized carbons (Fsp3) is 0.385. The van der Waals surface area contributed by atoms with Gasteiger partial charge in [-0.25, -0.2) is 0 Å². The first-order valence-electron chi connectivity index (χ1n) is 6.10. The van der Waals surface area contributed by atoms with Crippen LogP contribution in [0.2, 0.25) is 0 Å². The lowest BCUT2D eigenvalue weighted by Crippen LogP contribution is -2.57. The van der Waals surface area contributed by atoms with Gasteiger partial charge in [-0.1, -0.05) is 18.2 Å². The number of benzene rings is 1. The van der Waals surface area contributed by atoms with E-state index in [4.69, 9.17) is 11.5 Å². The van der Waals surface area contributed by atoms with E-state index in [0.717, 1.165) is 23.7 Å². The molecule has 94 valence electrons. The highest BCUT2D eigenvalue weighted by Gasteiger charge is 2.47. The van der Waals surface area contributed by atoms with Crippen LogP contribution in [0, 0.1) is 5.92 Å². The van der Waals surface area contributed by atoms with Crippen LogP contribution in [-0.2, 0) is 11.3 Å². The lowest BCUT2D eigenvalue weighted by Gasteiger charge is -2.25. The first-order valence-corrected chi connectivity index (χ1v) is 6.10. The van der Waals surface area contributed by atoms with Crippen molar-refractivity contribution in [2.75, 3.05) is 0 Å². The van der Waals surface area contributed by atoms with Crippen LogP contribution in [0.25, 0.3) is 10.9 Å². The second kappa shape index (κ2) is 3.81. The molecule has 0 aliphatic heterocycles. The van der Waals surface area contributed by atoms with Gasteiger partial charge in [0, 0.05) is 5.39 Å². The number of carbonyl (C=O) groups excluding carboxylic acids is 1. The van der Waals surface area contributed by atoms with E-state index in [1.54, 1.807) is 10.9 Å². The van der Waals surface area contributed by atoms with Crippen LogP contribution in [0.15, 0.2) is 30.5 Å². The molecule has 1 aromatic heterocycles. The van der Waals surface area contributed by atoms with E-state index < -0.39 is 11.4 Å². The minimum absolute atomic E-state index is 0.193. The lowest BCUT2D eigenvalue weighted by atomic mass is 9.93. The summed E-state index contributed by atoms with van der Waals surface area (Å²) in [5, 5.41) is 5.34. The molecule has 1 aliphatic rings. The second-order valence-corrected chi connectivity index (χ2v) is 5.04. The van der Waals surface area contributed by atoms with Crippen LogP contribution in [-0.4, -0.2) is 21.2 Å². The number of hydrogen-bond acceptors (Lipinski definition) is 3. The summed E-state index contributed by atoms with van der Waals surface area (Å²) < 4.78 is 1.78. The molecule has 1 fully saturated rings. The van der Waals surface area contributed by atoms with Crippen molar-refractivity contribution in [1.29, 1.82) is 0 Å². The van der Waals surface area contributed by atoms with E-state index in [1.807, 2.05) is 24.3 Å². The van der Waals surface area contributed by atoms with Crippen molar-refractivity contribution in [1.82, 2.24) is 9.78 Å². The summed E-state index contributed by atoms with van der Waals surface area (Å²) in [6, 6.07) is 7.86. The second-order valence-electron chi connectivity index (χ2n) is 5.04. The molecule has 0 spiro atoms. The number of rotatable bonds is 4. The van der Waals surface area contributed by atoms with Crippen molar-refractivity contribution >= 4 is 16.8 Å². The van der Waals surface area contributed by atoms with Crippen LogP contribution < -0.4 is 11.5 Å². The summed E-state index contributed by atoms with van der Waals surface area (Å²) in [7, 11) is 0. The molecule has 1 heterocycles. The van der Waals surface area contributed by atoms with Crippen LogP contribution in [0.5, 0.6) is 0 Å². The SMILES string of the molecule is NC(=O)C(N)(Cn1ncc2ccccc21)C1CC1. The molecule has 1 saturated carbocycles. The number of nitrogens with two attached hydrogens (primary N) is 2. The predicted molar refractivity (Wildman–Crippen MR) is 68.6 cm³/mol. The van der Waals surface area contributed by atoms with Gasteiger partial charge in [-0.15, -0.1) is 0 Å². The van der Waals surface area contributed by atoms with Crippen LogP contribution >= 0.6 is 0 Å². The zero-order valence-electron chi connectivity index (χ0n) is 10.0. The Hall–Kier alpha value is -1.88. The van der Waals surface area contributed by atoms with E-state index in [0.29, 0.717) is 6.54 Å². The topological polar surface area (TPSA) is 86.9 Å². The number of para-hydroxylation sites is 1. The van der Waals surface area contributed by atoms with Gasteiger partial charge in [-0.2, -0.15) is 5.10 Å². The number of nitrogens with zero attached hydrogens (tertiary/aromatic N) is 2. The number of fused-ring (bicyclic) bond motifs is 1. The fourth-order valence-electron chi connectivity index (χ4n) is 2.41. The third kappa shape index (κ3) is 1.67. The normalized spacial score (nSPS) is 18.7. The van der Waals surface area contributed by atoms with Crippen LogP contribution in [0.1, 0.15) is 12.8 Å². The summed E-state index contributed by atoms with van der Waals surface area (Å²) in [6.45, 7) is 0.348. The van der Waals surface area contributed by atoms with Crippen molar-refractivity contribution < 1.29 is 4.79 Å². The molecule has 3 rings (SSSR count). The van der Waals surface area contributed by atoms with Gasteiger partial charge < -0.3 is 11.5 Å². The van der Waals surface area contributed by atoms with Gasteiger partial charge in [-0.3, -0.25) is 9.48 Å². The van der Waals surface area contributed by atoms with Crippen molar-refractivity contribution in [3.63, 3.8) is 0 Å². The van der Waals surface area contributed by atoms with Crippen molar-refractivity contribution in [2.24, 2.45) is 17.4 Å². The van der Waals surface area contributed by atoms with Gasteiger partial charge in [0.05, 0.1) is 18.3 Å². The molecule has 1 atom stereocenters. The van der Waals surface area contributed by atoms with Crippen molar-refractivity contribution in [3.8, 4) is 0 Å². The van der Waals surface area contributed by atoms with E-state index in [-0.39, 0.29) is 5.92 Å². The standard InChI is InChI=1S/C13H16N4O/c14-12(18)13(15,10-5-6-10)8-17-11-4-2-1-3-9(11)7-16-17/h1-4,7,10H,5-6,8,15H2,(H2,14,18). The highest BCUT2D eigenvalue weighted by Crippen LogP contribution is 2.39. The zero-order valence-corrected chi connectivity index (χ0v) is 10.0. The molecule has 5 nitrogen and oxygen atoms in total. The Labute approximate surface area is 105 Å². The molecule has 0 radical (unpaired) electrons. The number of hydrogen-bond donors (Lipinski definition) is 2. The Kier molecular flexibility index (Phi) is 2.38. The molecule has 4 N–H and O–H groups in total. The maximum Gasteiger partial charge on any atom is 0.239 e. The number of amides is 1. The maximum absolute atomic E-state index is 11.6. The molecule has 5 heteroatoms. The molecule has 1 aromatic carbocycles. The van der Waals surface area contributed by atoms with Crippen LogP contribution in [0.4, 0.5) is 0 Å². The number of aromatic nitrogens is 2. The highest BCUT2D eigenvalue weighted by atomic mass is 16.1. The first kappa shape index (κ1) is 11.2. The van der Waals surface area contributed by atoms with E-state index >= 15 is 0 Å². The Morgan fingerprint density at radius 2 is 2.17 bits per heavy atom.